The lowest BCUT2D eigenvalue weighted by Gasteiger charge is -2.09. The molecular weight excluding hydrogens is 284 g/mol. The summed E-state index contributed by atoms with van der Waals surface area (Å²) in [7, 11) is 1.64. The Hall–Kier alpha value is -1.33. The van der Waals surface area contributed by atoms with Crippen molar-refractivity contribution in [1.82, 2.24) is 4.98 Å². The Kier molecular flexibility index (Phi) is 3.81. The fourth-order valence-electron chi connectivity index (χ4n) is 1.54. The molecule has 0 fully saturated rings. The Labute approximate surface area is 108 Å². The standard InChI is InChI=1S/C12H13BrN2O2/c1-16-4-5-17-11-3-2-10(14)9-6-8(13)7-15-12(9)11/h2-3,6-7H,4-5,14H2,1H3. The number of rotatable bonds is 4. The lowest BCUT2D eigenvalue weighted by Crippen LogP contribution is -2.05. The van der Waals surface area contributed by atoms with Gasteiger partial charge in [0.2, 0.25) is 0 Å². The zero-order chi connectivity index (χ0) is 12.3. The monoisotopic (exact) mass is 296 g/mol. The predicted molar refractivity (Wildman–Crippen MR) is 71.2 cm³/mol. The van der Waals surface area contributed by atoms with E-state index in [0.717, 1.165) is 21.1 Å². The number of hydrogen-bond acceptors (Lipinski definition) is 4. The third-order valence-corrected chi connectivity index (χ3v) is 2.79. The maximum atomic E-state index is 5.91. The second kappa shape index (κ2) is 5.33. The van der Waals surface area contributed by atoms with Crippen LogP contribution in [0.3, 0.4) is 0 Å². The molecule has 0 radical (unpaired) electrons. The Bertz CT molecular complexity index is 531. The SMILES string of the molecule is COCCOc1ccc(N)c2cc(Br)cnc12. The van der Waals surface area contributed by atoms with Gasteiger partial charge in [-0.15, -0.1) is 0 Å². The first-order valence-corrected chi connectivity index (χ1v) is 5.97. The summed E-state index contributed by atoms with van der Waals surface area (Å²) in [6.07, 6.45) is 1.73. The predicted octanol–water partition coefficient (Wildman–Crippen LogP) is 2.60. The van der Waals surface area contributed by atoms with Crippen LogP contribution >= 0.6 is 15.9 Å². The van der Waals surface area contributed by atoms with E-state index in [2.05, 4.69) is 20.9 Å². The van der Waals surface area contributed by atoms with Crippen molar-refractivity contribution in [3.05, 3.63) is 28.9 Å². The molecule has 4 nitrogen and oxygen atoms in total. The Morgan fingerprint density at radius 3 is 2.94 bits per heavy atom. The third kappa shape index (κ3) is 2.68. The molecular formula is C12H13BrN2O2. The second-order valence-electron chi connectivity index (χ2n) is 3.54. The number of aromatic nitrogens is 1. The summed E-state index contributed by atoms with van der Waals surface area (Å²) in [6, 6.07) is 5.58. The molecule has 5 heteroatoms. The van der Waals surface area contributed by atoms with Gasteiger partial charge in [-0.05, 0) is 34.1 Å². The quantitative estimate of drug-likeness (QED) is 0.696. The van der Waals surface area contributed by atoms with Gasteiger partial charge in [0.1, 0.15) is 17.9 Å². The van der Waals surface area contributed by atoms with Crippen molar-refractivity contribution < 1.29 is 9.47 Å². The first kappa shape index (κ1) is 12.1. The largest absolute Gasteiger partial charge is 0.489 e. The van der Waals surface area contributed by atoms with E-state index in [9.17, 15) is 0 Å². The molecule has 0 aliphatic rings. The molecule has 1 aromatic heterocycles. The van der Waals surface area contributed by atoms with Gasteiger partial charge in [0, 0.05) is 28.9 Å². The van der Waals surface area contributed by atoms with Crippen molar-refractivity contribution in [3.63, 3.8) is 0 Å². The summed E-state index contributed by atoms with van der Waals surface area (Å²) in [6.45, 7) is 1.04. The van der Waals surface area contributed by atoms with Crippen LogP contribution in [0.2, 0.25) is 0 Å². The maximum absolute atomic E-state index is 5.91. The van der Waals surface area contributed by atoms with Crippen LogP contribution in [-0.4, -0.2) is 25.3 Å². The van der Waals surface area contributed by atoms with E-state index < -0.39 is 0 Å². The number of pyridine rings is 1. The van der Waals surface area contributed by atoms with Gasteiger partial charge < -0.3 is 15.2 Å². The normalized spacial score (nSPS) is 10.7. The van der Waals surface area contributed by atoms with Crippen molar-refractivity contribution >= 4 is 32.5 Å². The van der Waals surface area contributed by atoms with Crippen LogP contribution in [0.1, 0.15) is 0 Å². The lowest BCUT2D eigenvalue weighted by atomic mass is 10.2. The molecule has 0 saturated carbocycles. The van der Waals surface area contributed by atoms with Crippen LogP contribution < -0.4 is 10.5 Å². The van der Waals surface area contributed by atoms with Gasteiger partial charge in [0.25, 0.3) is 0 Å². The molecule has 0 aliphatic carbocycles. The van der Waals surface area contributed by atoms with Gasteiger partial charge in [-0.3, -0.25) is 4.98 Å². The van der Waals surface area contributed by atoms with E-state index in [0.29, 0.717) is 18.9 Å². The lowest BCUT2D eigenvalue weighted by molar-refractivity contribution is 0.147. The van der Waals surface area contributed by atoms with Gasteiger partial charge in [-0.2, -0.15) is 0 Å². The maximum Gasteiger partial charge on any atom is 0.145 e. The average molecular weight is 297 g/mol. The van der Waals surface area contributed by atoms with Crippen molar-refractivity contribution in [1.29, 1.82) is 0 Å². The molecule has 0 atom stereocenters. The molecule has 0 bridgehead atoms. The van der Waals surface area contributed by atoms with Crippen molar-refractivity contribution in [2.75, 3.05) is 26.1 Å². The Morgan fingerprint density at radius 1 is 1.35 bits per heavy atom. The van der Waals surface area contributed by atoms with Gasteiger partial charge in [0.05, 0.1) is 6.61 Å². The molecule has 90 valence electrons. The van der Waals surface area contributed by atoms with E-state index in [1.165, 1.54) is 0 Å². The number of nitrogen functional groups attached to an aromatic ring is 1. The molecule has 0 unspecified atom stereocenters. The number of hydrogen-bond donors (Lipinski definition) is 1. The number of anilines is 1. The minimum Gasteiger partial charge on any atom is -0.489 e. The van der Waals surface area contributed by atoms with Crippen LogP contribution in [0.25, 0.3) is 10.9 Å². The first-order valence-electron chi connectivity index (χ1n) is 5.18. The first-order chi connectivity index (χ1) is 8.22. The molecule has 0 aliphatic heterocycles. The Morgan fingerprint density at radius 2 is 2.18 bits per heavy atom. The molecule has 2 aromatic rings. The number of halogens is 1. The highest BCUT2D eigenvalue weighted by molar-refractivity contribution is 9.10. The molecule has 0 amide bonds. The fraction of sp³-hybridized carbons (Fsp3) is 0.250. The topological polar surface area (TPSA) is 57.4 Å². The zero-order valence-electron chi connectivity index (χ0n) is 9.44. The van der Waals surface area contributed by atoms with E-state index in [-0.39, 0.29) is 0 Å². The number of methoxy groups -OCH3 is 1. The van der Waals surface area contributed by atoms with Gasteiger partial charge in [-0.25, -0.2) is 0 Å². The highest BCUT2D eigenvalue weighted by Gasteiger charge is 2.07. The summed E-state index contributed by atoms with van der Waals surface area (Å²) >= 11 is 3.38. The van der Waals surface area contributed by atoms with Crippen LogP contribution in [0.5, 0.6) is 5.75 Å². The van der Waals surface area contributed by atoms with Crippen LogP contribution in [0, 0.1) is 0 Å². The molecule has 1 heterocycles. The summed E-state index contributed by atoms with van der Waals surface area (Å²) in [5, 5.41) is 0.884. The number of ether oxygens (including phenoxy) is 2. The third-order valence-electron chi connectivity index (χ3n) is 2.36. The summed E-state index contributed by atoms with van der Waals surface area (Å²) in [5.41, 5.74) is 7.36. The molecule has 1 aromatic carbocycles. The van der Waals surface area contributed by atoms with E-state index >= 15 is 0 Å². The smallest absolute Gasteiger partial charge is 0.145 e. The fourth-order valence-corrected chi connectivity index (χ4v) is 1.87. The molecule has 2 N–H and O–H groups in total. The van der Waals surface area contributed by atoms with Crippen LogP contribution in [-0.2, 0) is 4.74 Å². The van der Waals surface area contributed by atoms with Gasteiger partial charge in [0.15, 0.2) is 0 Å². The van der Waals surface area contributed by atoms with Gasteiger partial charge in [-0.1, -0.05) is 0 Å². The van der Waals surface area contributed by atoms with Crippen molar-refractivity contribution in [2.24, 2.45) is 0 Å². The molecule has 0 saturated heterocycles. The minimum absolute atomic E-state index is 0.493. The Balaban J connectivity index is 2.40. The highest BCUT2D eigenvalue weighted by Crippen LogP contribution is 2.30. The number of nitrogens with zero attached hydrogens (tertiary/aromatic N) is 1. The highest BCUT2D eigenvalue weighted by atomic mass is 79.9. The minimum atomic E-state index is 0.493. The number of benzene rings is 1. The molecule has 2 rings (SSSR count). The zero-order valence-corrected chi connectivity index (χ0v) is 11.0. The number of fused-ring (bicyclic) bond motifs is 1. The molecule has 0 spiro atoms. The van der Waals surface area contributed by atoms with Crippen LogP contribution in [0.4, 0.5) is 5.69 Å². The number of nitrogens with two attached hydrogens (primary N) is 1. The average Bonchev–Trinajstić information content (AvgIpc) is 2.33. The summed E-state index contributed by atoms with van der Waals surface area (Å²) in [5.74, 6) is 0.721. The van der Waals surface area contributed by atoms with E-state index in [1.807, 2.05) is 18.2 Å². The van der Waals surface area contributed by atoms with Gasteiger partial charge >= 0.3 is 0 Å². The van der Waals surface area contributed by atoms with E-state index in [1.54, 1.807) is 13.3 Å². The summed E-state index contributed by atoms with van der Waals surface area (Å²) < 4.78 is 11.4. The summed E-state index contributed by atoms with van der Waals surface area (Å²) in [4.78, 5) is 4.33. The van der Waals surface area contributed by atoms with E-state index in [4.69, 9.17) is 15.2 Å². The van der Waals surface area contributed by atoms with Crippen LogP contribution in [0.15, 0.2) is 28.9 Å². The van der Waals surface area contributed by atoms with Crippen molar-refractivity contribution in [3.8, 4) is 5.75 Å². The second-order valence-corrected chi connectivity index (χ2v) is 4.46. The van der Waals surface area contributed by atoms with Crippen molar-refractivity contribution in [2.45, 2.75) is 0 Å². The molecule has 17 heavy (non-hydrogen) atoms.